The summed E-state index contributed by atoms with van der Waals surface area (Å²) in [5.74, 6) is 2.11. The second-order valence-electron chi connectivity index (χ2n) is 10.7. The van der Waals surface area contributed by atoms with Crippen LogP contribution in [0.15, 0.2) is 42.5 Å². The van der Waals surface area contributed by atoms with Gasteiger partial charge in [0, 0.05) is 45.9 Å². The maximum atomic E-state index is 6.62. The van der Waals surface area contributed by atoms with E-state index in [1.54, 1.807) is 21.3 Å². The number of methoxy groups -OCH3 is 3. The highest BCUT2D eigenvalue weighted by Gasteiger charge is 2.35. The molecule has 7 nitrogen and oxygen atoms in total. The molecule has 2 aliphatic heterocycles. The molecule has 204 valence electrons. The molecule has 37 heavy (non-hydrogen) atoms. The van der Waals surface area contributed by atoms with E-state index in [1.165, 1.54) is 5.56 Å². The Morgan fingerprint density at radius 1 is 1.08 bits per heavy atom. The molecule has 0 amide bonds. The number of ether oxygens (including phenoxy) is 5. The second-order valence-corrected chi connectivity index (χ2v) is 10.7. The van der Waals surface area contributed by atoms with Gasteiger partial charge in [-0.25, -0.2) is 0 Å². The van der Waals surface area contributed by atoms with Gasteiger partial charge < -0.3 is 33.9 Å². The fourth-order valence-electron chi connectivity index (χ4n) is 5.42. The first-order chi connectivity index (χ1) is 17.9. The summed E-state index contributed by atoms with van der Waals surface area (Å²) in [5, 5.41) is 3.73. The Kier molecular flexibility index (Phi) is 9.71. The van der Waals surface area contributed by atoms with Gasteiger partial charge in [0.15, 0.2) is 0 Å². The molecule has 4 rings (SSSR count). The van der Waals surface area contributed by atoms with E-state index < -0.39 is 0 Å². The lowest BCUT2D eigenvalue weighted by atomic mass is 9.81. The summed E-state index contributed by atoms with van der Waals surface area (Å²) in [4.78, 5) is 2.39. The van der Waals surface area contributed by atoms with E-state index in [9.17, 15) is 0 Å². The number of nitrogens with one attached hydrogen (secondary N) is 1. The molecule has 2 heterocycles. The van der Waals surface area contributed by atoms with E-state index in [1.807, 2.05) is 12.1 Å². The molecule has 0 radical (unpaired) electrons. The Morgan fingerprint density at radius 3 is 2.62 bits per heavy atom. The molecule has 3 atom stereocenters. The predicted octanol–water partition coefficient (Wildman–Crippen LogP) is 4.78. The summed E-state index contributed by atoms with van der Waals surface area (Å²) >= 11 is 0. The number of piperidine rings is 1. The largest absolute Gasteiger partial charge is 0.497 e. The van der Waals surface area contributed by atoms with Crippen molar-refractivity contribution in [2.24, 2.45) is 0 Å². The average Bonchev–Trinajstić information content (AvgIpc) is 2.92. The summed E-state index contributed by atoms with van der Waals surface area (Å²) in [7, 11) is 5.25. The van der Waals surface area contributed by atoms with Gasteiger partial charge in [0.2, 0.25) is 0 Å². The zero-order valence-corrected chi connectivity index (χ0v) is 23.1. The van der Waals surface area contributed by atoms with Crippen molar-refractivity contribution in [1.82, 2.24) is 5.32 Å². The molecule has 2 aromatic carbocycles. The summed E-state index contributed by atoms with van der Waals surface area (Å²) in [6, 6.07) is 15.2. The standard InChI is InChI=1S/C30H44N2O5/c1-30(2,35-5)19-24-18-26(23-8-10-25(34-4)11-9-23)29(20-31-24)37-21-22-7-12-28-27(17-22)32(14-16-36-28)13-6-15-33-3/h7-12,17,24,26,29,31H,6,13-16,18-21H2,1-5H3/t24?,26-,29+/m1/s1. The van der Waals surface area contributed by atoms with Crippen molar-refractivity contribution in [2.75, 3.05) is 59.1 Å². The van der Waals surface area contributed by atoms with Crippen molar-refractivity contribution in [1.29, 1.82) is 0 Å². The van der Waals surface area contributed by atoms with E-state index in [-0.39, 0.29) is 17.6 Å². The van der Waals surface area contributed by atoms with Gasteiger partial charge in [0.1, 0.15) is 18.1 Å². The fourth-order valence-corrected chi connectivity index (χ4v) is 5.42. The van der Waals surface area contributed by atoms with Crippen molar-refractivity contribution in [2.45, 2.75) is 63.4 Å². The monoisotopic (exact) mass is 512 g/mol. The molecule has 0 bridgehead atoms. The highest BCUT2D eigenvalue weighted by Crippen LogP contribution is 2.36. The van der Waals surface area contributed by atoms with Crippen LogP contribution in [0.5, 0.6) is 11.5 Å². The van der Waals surface area contributed by atoms with Crippen molar-refractivity contribution in [3.05, 3.63) is 53.6 Å². The number of benzene rings is 2. The predicted molar refractivity (Wildman–Crippen MR) is 147 cm³/mol. The summed E-state index contributed by atoms with van der Waals surface area (Å²) in [6.45, 7) is 9.00. The molecule has 0 aliphatic carbocycles. The lowest BCUT2D eigenvalue weighted by molar-refractivity contribution is -0.0216. The molecule has 1 unspecified atom stereocenters. The molecule has 0 spiro atoms. The third kappa shape index (κ3) is 7.38. The van der Waals surface area contributed by atoms with Crippen LogP contribution in [-0.4, -0.2) is 71.9 Å². The molecule has 7 heteroatoms. The van der Waals surface area contributed by atoms with Gasteiger partial charge in [0.25, 0.3) is 0 Å². The first-order valence-corrected chi connectivity index (χ1v) is 13.5. The molecular weight excluding hydrogens is 468 g/mol. The van der Waals surface area contributed by atoms with Crippen LogP contribution in [0.1, 0.15) is 50.2 Å². The maximum absolute atomic E-state index is 6.62. The van der Waals surface area contributed by atoms with E-state index >= 15 is 0 Å². The first kappa shape index (κ1) is 27.7. The SMILES string of the molecule is COCCCN1CCOc2ccc(CO[C@H]3CNC(CC(C)(C)OC)C[C@@H]3c3ccc(OC)cc3)cc21. The fraction of sp³-hybridized carbons (Fsp3) is 0.600. The third-order valence-corrected chi connectivity index (χ3v) is 7.65. The van der Waals surface area contributed by atoms with Gasteiger partial charge in [-0.15, -0.1) is 0 Å². The molecule has 1 fully saturated rings. The van der Waals surface area contributed by atoms with Crippen LogP contribution >= 0.6 is 0 Å². The van der Waals surface area contributed by atoms with Gasteiger partial charge in [-0.3, -0.25) is 0 Å². The lowest BCUT2D eigenvalue weighted by Gasteiger charge is -2.40. The summed E-state index contributed by atoms with van der Waals surface area (Å²) < 4.78 is 28.9. The van der Waals surface area contributed by atoms with Gasteiger partial charge in [-0.1, -0.05) is 18.2 Å². The molecular formula is C30H44N2O5. The van der Waals surface area contributed by atoms with Gasteiger partial charge in [-0.05, 0) is 68.5 Å². The average molecular weight is 513 g/mol. The highest BCUT2D eigenvalue weighted by molar-refractivity contribution is 5.61. The molecule has 2 aliphatic rings. The number of hydrogen-bond acceptors (Lipinski definition) is 7. The Balaban J connectivity index is 1.46. The first-order valence-electron chi connectivity index (χ1n) is 13.5. The number of hydrogen-bond donors (Lipinski definition) is 1. The van der Waals surface area contributed by atoms with Crippen molar-refractivity contribution in [3.63, 3.8) is 0 Å². The minimum Gasteiger partial charge on any atom is -0.497 e. The van der Waals surface area contributed by atoms with Crippen LogP contribution < -0.4 is 19.7 Å². The van der Waals surface area contributed by atoms with E-state index in [2.05, 4.69) is 54.4 Å². The minimum atomic E-state index is -0.170. The Hall–Kier alpha value is -2.32. The lowest BCUT2D eigenvalue weighted by Crippen LogP contribution is -2.49. The molecule has 1 N–H and O–H groups in total. The third-order valence-electron chi connectivity index (χ3n) is 7.65. The number of nitrogens with zero attached hydrogens (tertiary/aromatic N) is 1. The quantitative estimate of drug-likeness (QED) is 0.411. The van der Waals surface area contributed by atoms with Crippen LogP contribution in [0.3, 0.4) is 0 Å². The van der Waals surface area contributed by atoms with Crippen LogP contribution in [-0.2, 0) is 20.8 Å². The Bertz CT molecular complexity index is 980. The topological polar surface area (TPSA) is 61.4 Å². The van der Waals surface area contributed by atoms with E-state index in [0.717, 1.165) is 68.3 Å². The van der Waals surface area contributed by atoms with Gasteiger partial charge in [-0.2, -0.15) is 0 Å². The van der Waals surface area contributed by atoms with Gasteiger partial charge >= 0.3 is 0 Å². The summed E-state index contributed by atoms with van der Waals surface area (Å²) in [5.41, 5.74) is 3.43. The number of rotatable bonds is 12. The Labute approximate surface area is 222 Å². The zero-order valence-electron chi connectivity index (χ0n) is 23.1. The number of fused-ring (bicyclic) bond motifs is 1. The van der Waals surface area contributed by atoms with Crippen molar-refractivity contribution >= 4 is 5.69 Å². The van der Waals surface area contributed by atoms with Crippen LogP contribution in [0.4, 0.5) is 5.69 Å². The maximum Gasteiger partial charge on any atom is 0.142 e. The van der Waals surface area contributed by atoms with E-state index in [4.69, 9.17) is 23.7 Å². The van der Waals surface area contributed by atoms with Gasteiger partial charge in [0.05, 0.1) is 37.7 Å². The van der Waals surface area contributed by atoms with Crippen LogP contribution in [0, 0.1) is 0 Å². The number of anilines is 1. The molecule has 0 saturated carbocycles. The van der Waals surface area contributed by atoms with Crippen molar-refractivity contribution < 1.29 is 23.7 Å². The highest BCUT2D eigenvalue weighted by atomic mass is 16.5. The molecule has 2 aromatic rings. The normalized spacial score (nSPS) is 21.9. The second kappa shape index (κ2) is 13.0. The van der Waals surface area contributed by atoms with Crippen LogP contribution in [0.25, 0.3) is 0 Å². The van der Waals surface area contributed by atoms with Crippen molar-refractivity contribution in [3.8, 4) is 11.5 Å². The molecule has 1 saturated heterocycles. The zero-order chi connectivity index (χ0) is 26.3. The molecule has 0 aromatic heterocycles. The smallest absolute Gasteiger partial charge is 0.142 e. The Morgan fingerprint density at radius 2 is 1.89 bits per heavy atom. The minimum absolute atomic E-state index is 0.0698. The van der Waals surface area contributed by atoms with Crippen LogP contribution in [0.2, 0.25) is 0 Å². The summed E-state index contributed by atoms with van der Waals surface area (Å²) in [6.07, 6.45) is 3.01. The van der Waals surface area contributed by atoms with E-state index in [0.29, 0.717) is 19.3 Å².